The maximum atomic E-state index is 13.5. The molecule has 4 heterocycles. The Bertz CT molecular complexity index is 1790. The molecule has 2 amide bonds. The molecule has 43 heavy (non-hydrogen) atoms. The number of thiazole rings is 1. The van der Waals surface area contributed by atoms with Gasteiger partial charge >= 0.3 is 5.97 Å². The first-order valence-corrected chi connectivity index (χ1v) is 17.0. The number of hydrogen-bond donors (Lipinski definition) is 1. The van der Waals surface area contributed by atoms with E-state index < -0.39 is 10.0 Å². The predicted molar refractivity (Wildman–Crippen MR) is 166 cm³/mol. The van der Waals surface area contributed by atoms with Gasteiger partial charge in [-0.15, -0.1) is 22.7 Å². The lowest BCUT2D eigenvalue weighted by atomic mass is 9.99. The van der Waals surface area contributed by atoms with E-state index in [1.807, 2.05) is 24.3 Å². The van der Waals surface area contributed by atoms with Crippen LogP contribution < -0.4 is 5.32 Å². The number of para-hydroxylation sites is 1. The number of hydrogen-bond acceptors (Lipinski definition) is 9. The lowest BCUT2D eigenvalue weighted by Gasteiger charge is -2.29. The lowest BCUT2D eigenvalue weighted by Crippen LogP contribution is -2.40. The molecule has 0 radical (unpaired) electrons. The van der Waals surface area contributed by atoms with Gasteiger partial charge in [0.15, 0.2) is 0 Å². The number of fused-ring (bicyclic) bond motifs is 2. The van der Waals surface area contributed by atoms with E-state index in [0.717, 1.165) is 31.2 Å². The number of piperidine rings is 1. The molecule has 2 aliphatic heterocycles. The molecule has 0 aliphatic carbocycles. The van der Waals surface area contributed by atoms with Gasteiger partial charge in [-0.1, -0.05) is 12.1 Å². The van der Waals surface area contributed by atoms with E-state index in [2.05, 4.69) is 5.32 Å². The molecule has 1 N–H and O–H groups in total. The van der Waals surface area contributed by atoms with Crippen molar-refractivity contribution in [1.82, 2.24) is 14.2 Å². The summed E-state index contributed by atoms with van der Waals surface area (Å²) in [6, 6.07) is 13.8. The normalized spacial score (nSPS) is 16.2. The average Bonchev–Trinajstić information content (AvgIpc) is 3.61. The number of sulfonamides is 1. The number of methoxy groups -OCH3 is 1. The SMILES string of the molecule is COC(=O)C1CCN(S(=O)(=O)c2ccc(C(=O)Nc3sc4c(c3-c3nc5ccccc5s3)CCN(C(C)=O)C4)cc2)CC1. The van der Waals surface area contributed by atoms with E-state index in [9.17, 15) is 22.8 Å². The van der Waals surface area contributed by atoms with Gasteiger partial charge in [-0.2, -0.15) is 4.31 Å². The number of esters is 1. The van der Waals surface area contributed by atoms with E-state index in [0.29, 0.717) is 42.9 Å². The van der Waals surface area contributed by atoms with Gasteiger partial charge in [0.2, 0.25) is 15.9 Å². The van der Waals surface area contributed by atoms with Gasteiger partial charge in [0.25, 0.3) is 5.91 Å². The number of rotatable bonds is 6. The molecule has 0 spiro atoms. The molecule has 13 heteroatoms. The van der Waals surface area contributed by atoms with Gasteiger partial charge in [0.05, 0.1) is 34.7 Å². The standard InChI is InChI=1S/C30H30N4O6S3/c1-18(35)33-14-13-22-25(17-33)42-29(26(22)28-31-23-5-3-4-6-24(23)41-28)32-27(36)19-7-9-21(10-8-19)43(38,39)34-15-11-20(12-16-34)30(37)40-2/h3-10,20H,11-17H2,1-2H3,(H,32,36). The van der Waals surface area contributed by atoms with Crippen molar-refractivity contribution < 1.29 is 27.5 Å². The molecule has 1 fully saturated rings. The minimum absolute atomic E-state index is 0.00838. The van der Waals surface area contributed by atoms with Gasteiger partial charge in [-0.3, -0.25) is 14.4 Å². The number of amides is 2. The van der Waals surface area contributed by atoms with Crippen molar-refractivity contribution in [3.05, 3.63) is 64.5 Å². The van der Waals surface area contributed by atoms with Crippen LogP contribution in [0.15, 0.2) is 53.4 Å². The van der Waals surface area contributed by atoms with E-state index in [1.165, 1.54) is 47.0 Å². The highest BCUT2D eigenvalue weighted by Gasteiger charge is 2.33. The smallest absolute Gasteiger partial charge is 0.308 e. The van der Waals surface area contributed by atoms with Crippen LogP contribution in [-0.4, -0.2) is 67.1 Å². The molecule has 1 saturated heterocycles. The monoisotopic (exact) mass is 638 g/mol. The van der Waals surface area contributed by atoms with Gasteiger partial charge in [-0.25, -0.2) is 13.4 Å². The van der Waals surface area contributed by atoms with Gasteiger partial charge in [-0.05, 0) is 61.2 Å². The summed E-state index contributed by atoms with van der Waals surface area (Å²) in [5.74, 6) is -0.980. The van der Waals surface area contributed by atoms with Crippen LogP contribution in [0.1, 0.15) is 40.6 Å². The van der Waals surface area contributed by atoms with Crippen LogP contribution in [-0.2, 0) is 37.3 Å². The molecule has 0 atom stereocenters. The van der Waals surface area contributed by atoms with E-state index in [4.69, 9.17) is 9.72 Å². The third-order valence-electron chi connectivity index (χ3n) is 7.98. The Labute approximate surface area is 257 Å². The summed E-state index contributed by atoms with van der Waals surface area (Å²) >= 11 is 3.01. The number of anilines is 1. The summed E-state index contributed by atoms with van der Waals surface area (Å²) < 4.78 is 33.7. The first-order valence-electron chi connectivity index (χ1n) is 13.9. The van der Waals surface area contributed by atoms with E-state index in [1.54, 1.807) is 23.2 Å². The Morgan fingerprint density at radius 3 is 2.40 bits per heavy atom. The van der Waals surface area contributed by atoms with E-state index in [-0.39, 0.29) is 41.7 Å². The molecule has 0 bridgehead atoms. The van der Waals surface area contributed by atoms with Crippen molar-refractivity contribution in [2.24, 2.45) is 5.92 Å². The Balaban J connectivity index is 1.24. The van der Waals surface area contributed by atoms with Gasteiger partial charge < -0.3 is 15.0 Å². The van der Waals surface area contributed by atoms with E-state index >= 15 is 0 Å². The Hall–Kier alpha value is -3.65. The number of ether oxygens (including phenoxy) is 1. The fraction of sp³-hybridized carbons (Fsp3) is 0.333. The van der Waals surface area contributed by atoms with Crippen LogP contribution >= 0.6 is 22.7 Å². The zero-order valence-corrected chi connectivity index (χ0v) is 26.1. The molecule has 2 aromatic heterocycles. The van der Waals surface area contributed by atoms with Crippen LogP contribution in [0.25, 0.3) is 20.8 Å². The molecule has 2 aromatic carbocycles. The fourth-order valence-corrected chi connectivity index (χ4v) is 9.41. The summed E-state index contributed by atoms with van der Waals surface area (Å²) in [5.41, 5.74) is 3.17. The number of carbonyl (C=O) groups excluding carboxylic acids is 3. The zero-order valence-electron chi connectivity index (χ0n) is 23.7. The summed E-state index contributed by atoms with van der Waals surface area (Å²) in [5, 5.41) is 4.52. The van der Waals surface area contributed by atoms with Crippen LogP contribution in [0.3, 0.4) is 0 Å². The Morgan fingerprint density at radius 1 is 1.00 bits per heavy atom. The van der Waals surface area contributed by atoms with Crippen LogP contribution in [0.4, 0.5) is 5.00 Å². The maximum Gasteiger partial charge on any atom is 0.308 e. The van der Waals surface area contributed by atoms with Crippen molar-refractivity contribution in [3.8, 4) is 10.6 Å². The first-order chi connectivity index (χ1) is 20.7. The summed E-state index contributed by atoms with van der Waals surface area (Å²) in [4.78, 5) is 45.1. The van der Waals surface area contributed by atoms with Crippen LogP contribution in [0, 0.1) is 5.92 Å². The Kier molecular flexibility index (Phi) is 8.07. The van der Waals surface area contributed by atoms with Crippen LogP contribution in [0.2, 0.25) is 0 Å². The Morgan fingerprint density at radius 2 is 1.72 bits per heavy atom. The number of benzene rings is 2. The lowest BCUT2D eigenvalue weighted by molar-refractivity contribution is -0.146. The highest BCUT2D eigenvalue weighted by Crippen LogP contribution is 2.46. The minimum Gasteiger partial charge on any atom is -0.469 e. The topological polar surface area (TPSA) is 126 Å². The number of aromatic nitrogens is 1. The number of carbonyl (C=O) groups is 3. The molecule has 0 unspecified atom stereocenters. The molecule has 6 rings (SSSR count). The van der Waals surface area contributed by atoms with Crippen molar-refractivity contribution in [3.63, 3.8) is 0 Å². The highest BCUT2D eigenvalue weighted by atomic mass is 32.2. The fourth-order valence-electron chi connectivity index (χ4n) is 5.57. The van der Waals surface area contributed by atoms with Gasteiger partial charge in [0, 0.05) is 42.6 Å². The summed E-state index contributed by atoms with van der Waals surface area (Å²) in [6.45, 7) is 3.09. The number of thiophene rings is 1. The molecule has 10 nitrogen and oxygen atoms in total. The molecular weight excluding hydrogens is 609 g/mol. The highest BCUT2D eigenvalue weighted by molar-refractivity contribution is 7.89. The first kappa shape index (κ1) is 29.4. The minimum atomic E-state index is -3.78. The van der Waals surface area contributed by atoms with Crippen molar-refractivity contribution >= 4 is 65.7 Å². The number of nitrogens with one attached hydrogen (secondary N) is 1. The molecule has 0 saturated carbocycles. The second kappa shape index (κ2) is 11.8. The molecule has 4 aromatic rings. The third-order valence-corrected chi connectivity index (χ3v) is 12.1. The predicted octanol–water partition coefficient (Wildman–Crippen LogP) is 4.76. The quantitative estimate of drug-likeness (QED) is 0.302. The van der Waals surface area contributed by atoms with Crippen molar-refractivity contribution in [1.29, 1.82) is 0 Å². The zero-order chi connectivity index (χ0) is 30.3. The average molecular weight is 639 g/mol. The largest absolute Gasteiger partial charge is 0.469 e. The van der Waals surface area contributed by atoms with Gasteiger partial charge in [0.1, 0.15) is 10.0 Å². The summed E-state index contributed by atoms with van der Waals surface area (Å²) in [7, 11) is -2.44. The second-order valence-electron chi connectivity index (χ2n) is 10.6. The molecule has 2 aliphatic rings. The molecular formula is C30H30N4O6S3. The van der Waals surface area contributed by atoms with Crippen molar-refractivity contribution in [2.45, 2.75) is 37.6 Å². The maximum absolute atomic E-state index is 13.5. The number of nitrogens with zero attached hydrogens (tertiary/aromatic N) is 3. The second-order valence-corrected chi connectivity index (χ2v) is 14.6. The van der Waals surface area contributed by atoms with Crippen LogP contribution in [0.5, 0.6) is 0 Å². The van der Waals surface area contributed by atoms with Crippen molar-refractivity contribution in [2.75, 3.05) is 32.1 Å². The molecule has 224 valence electrons. The summed E-state index contributed by atoms with van der Waals surface area (Å²) in [6.07, 6.45) is 1.46. The third kappa shape index (κ3) is 5.69.